The summed E-state index contributed by atoms with van der Waals surface area (Å²) in [5.74, 6) is -1.35. The number of alkyl carbamates (subject to hydrolysis) is 1. The molecule has 5 heterocycles. The maximum absolute atomic E-state index is 13.6. The van der Waals surface area contributed by atoms with Crippen molar-refractivity contribution in [2.24, 2.45) is 0 Å². The number of anilines is 2. The number of carboxylic acid groups (broad SMARTS) is 1. The predicted molar refractivity (Wildman–Crippen MR) is 172 cm³/mol. The van der Waals surface area contributed by atoms with Gasteiger partial charge < -0.3 is 25.0 Å². The fourth-order valence-corrected chi connectivity index (χ4v) is 6.34. The number of nitrogens with zero attached hydrogens (tertiary/aromatic N) is 5. The van der Waals surface area contributed by atoms with Gasteiger partial charge in [0.05, 0.1) is 17.8 Å². The van der Waals surface area contributed by atoms with Crippen LogP contribution in [0.5, 0.6) is 0 Å². The van der Waals surface area contributed by atoms with Crippen molar-refractivity contribution in [3.63, 3.8) is 0 Å². The molecule has 240 valence electrons. The van der Waals surface area contributed by atoms with Gasteiger partial charge in [-0.05, 0) is 57.0 Å². The van der Waals surface area contributed by atoms with Crippen LogP contribution in [0.1, 0.15) is 68.1 Å². The lowest BCUT2D eigenvalue weighted by Crippen LogP contribution is -2.44. The Kier molecular flexibility index (Phi) is 9.83. The summed E-state index contributed by atoms with van der Waals surface area (Å²) in [5, 5.41) is 17.3. The molecule has 14 heteroatoms. The van der Waals surface area contributed by atoms with Crippen molar-refractivity contribution < 1.29 is 24.2 Å². The second kappa shape index (κ2) is 13.8. The summed E-state index contributed by atoms with van der Waals surface area (Å²) in [6.45, 7) is 10.3. The van der Waals surface area contributed by atoms with E-state index in [1.54, 1.807) is 0 Å². The highest BCUT2D eigenvalue weighted by molar-refractivity contribution is 7.14. The van der Waals surface area contributed by atoms with Gasteiger partial charge in [-0.15, -0.1) is 11.3 Å². The smallest absolute Gasteiger partial charge is 0.407 e. The van der Waals surface area contributed by atoms with Crippen molar-refractivity contribution in [3.05, 3.63) is 57.0 Å². The van der Waals surface area contributed by atoms with Crippen LogP contribution in [0.25, 0.3) is 11.7 Å². The molecule has 13 nitrogen and oxygen atoms in total. The van der Waals surface area contributed by atoms with Crippen molar-refractivity contribution in [3.8, 4) is 0 Å². The van der Waals surface area contributed by atoms with Gasteiger partial charge in [0.2, 0.25) is 0 Å². The Hall–Kier alpha value is -4.30. The van der Waals surface area contributed by atoms with Crippen LogP contribution >= 0.6 is 11.3 Å². The number of rotatable bonds is 9. The second-order valence-electron chi connectivity index (χ2n) is 12.3. The van der Waals surface area contributed by atoms with E-state index in [4.69, 9.17) is 9.72 Å². The number of fused-ring (bicyclic) bond motifs is 1. The van der Waals surface area contributed by atoms with E-state index >= 15 is 0 Å². The average Bonchev–Trinajstić information content (AvgIpc) is 3.69. The van der Waals surface area contributed by atoms with E-state index in [0.717, 1.165) is 31.4 Å². The molecule has 0 unspecified atom stereocenters. The fraction of sp³-hybridized carbons (Fsp3) is 0.484. The summed E-state index contributed by atoms with van der Waals surface area (Å²) in [4.78, 5) is 64.0. The number of amides is 2. The van der Waals surface area contributed by atoms with E-state index in [0.29, 0.717) is 31.1 Å². The molecular weight excluding hydrogens is 598 g/mol. The van der Waals surface area contributed by atoms with E-state index < -0.39 is 29.6 Å². The van der Waals surface area contributed by atoms with Gasteiger partial charge in [0.15, 0.2) is 5.13 Å². The van der Waals surface area contributed by atoms with Gasteiger partial charge in [0, 0.05) is 48.3 Å². The topological polar surface area (TPSA) is 158 Å². The van der Waals surface area contributed by atoms with Crippen LogP contribution in [-0.4, -0.2) is 87.7 Å². The lowest BCUT2D eigenvalue weighted by Gasteiger charge is -2.34. The number of nitrogens with one attached hydrogen (secondary N) is 2. The number of carbonyl (C=O) groups is 3. The third-order valence-electron chi connectivity index (χ3n) is 7.84. The maximum atomic E-state index is 13.6. The highest BCUT2D eigenvalue weighted by atomic mass is 32.1. The molecular formula is C31H39N7O6S. The van der Waals surface area contributed by atoms with Gasteiger partial charge >= 0.3 is 12.1 Å². The molecule has 2 amide bonds. The van der Waals surface area contributed by atoms with Crippen molar-refractivity contribution in [1.29, 1.82) is 0 Å². The lowest BCUT2D eigenvalue weighted by molar-refractivity contribution is -0.131. The minimum absolute atomic E-state index is 0.0836. The Balaban J connectivity index is 1.36. The van der Waals surface area contributed by atoms with Crippen LogP contribution in [0.2, 0.25) is 0 Å². The number of hydrogen-bond acceptors (Lipinski definition) is 10. The molecule has 0 aliphatic carbocycles. The summed E-state index contributed by atoms with van der Waals surface area (Å²) in [6.07, 6.45) is 6.28. The van der Waals surface area contributed by atoms with Crippen LogP contribution < -0.4 is 21.1 Å². The molecule has 0 bridgehead atoms. The maximum Gasteiger partial charge on any atom is 0.407 e. The first-order chi connectivity index (χ1) is 21.5. The number of pyridine rings is 1. The zero-order valence-corrected chi connectivity index (χ0v) is 26.6. The molecule has 2 fully saturated rings. The number of carbonyl (C=O) groups excluding carboxylic acids is 2. The second-order valence-corrected chi connectivity index (χ2v) is 13.2. The third kappa shape index (κ3) is 8.05. The van der Waals surface area contributed by atoms with Crippen molar-refractivity contribution in [2.45, 2.75) is 58.0 Å². The molecule has 2 saturated heterocycles. The minimum Gasteiger partial charge on any atom is -0.478 e. The molecule has 3 aromatic heterocycles. The van der Waals surface area contributed by atoms with Crippen LogP contribution in [0.3, 0.4) is 0 Å². The van der Waals surface area contributed by atoms with E-state index in [1.165, 1.54) is 53.0 Å². The molecule has 3 aromatic rings. The first kappa shape index (κ1) is 32.1. The predicted octanol–water partition coefficient (Wildman–Crippen LogP) is 3.59. The fourth-order valence-electron chi connectivity index (χ4n) is 5.41. The van der Waals surface area contributed by atoms with E-state index in [9.17, 15) is 24.3 Å². The highest BCUT2D eigenvalue weighted by Crippen LogP contribution is 2.27. The largest absolute Gasteiger partial charge is 0.478 e. The lowest BCUT2D eigenvalue weighted by atomic mass is 9.93. The Bertz CT molecular complexity index is 1650. The molecule has 0 saturated carbocycles. The third-order valence-corrected chi connectivity index (χ3v) is 8.60. The van der Waals surface area contributed by atoms with Crippen molar-refractivity contribution >= 4 is 52.0 Å². The summed E-state index contributed by atoms with van der Waals surface area (Å²) < 4.78 is 6.97. The minimum atomic E-state index is -1.21. The van der Waals surface area contributed by atoms with Crippen LogP contribution in [-0.2, 0) is 14.9 Å². The molecule has 0 spiro atoms. The number of ether oxygens (including phenoxy) is 1. The quantitative estimate of drug-likeness (QED) is 0.296. The Morgan fingerprint density at radius 3 is 2.64 bits per heavy atom. The molecule has 0 aromatic carbocycles. The molecule has 5 rings (SSSR count). The number of carboxylic acids is 1. The van der Waals surface area contributed by atoms with Crippen LogP contribution in [0.4, 0.5) is 15.7 Å². The van der Waals surface area contributed by atoms with E-state index in [2.05, 4.69) is 20.5 Å². The van der Waals surface area contributed by atoms with Gasteiger partial charge in [-0.25, -0.2) is 19.6 Å². The number of hydrogen-bond donors (Lipinski definition) is 3. The van der Waals surface area contributed by atoms with E-state index in [1.807, 2.05) is 31.1 Å². The normalized spacial score (nSPS) is 17.6. The number of aromatic nitrogens is 3. The standard InChI is InChI=1S/C31H39N7O6S/c1-31(2,3)23-19-45-29(33-23)35-27(41)20-10-15-38-24(17-20)34-26(22(28(38)42)8-9-25(39)40)37-14-6-7-21(18-37)44-30(43)32-11-16-36-12-4-5-13-36/h8-10,15,17,19,21H,4-7,11-14,16,18H2,1-3H3,(H,32,43)(H,39,40)(H,33,35,41)/b9-8+/t21-/m1/s1. The number of thiazole rings is 1. The summed E-state index contributed by atoms with van der Waals surface area (Å²) >= 11 is 1.33. The Morgan fingerprint density at radius 2 is 1.93 bits per heavy atom. The monoisotopic (exact) mass is 637 g/mol. The number of likely N-dealkylation sites (tertiary alicyclic amines) is 1. The summed E-state index contributed by atoms with van der Waals surface area (Å²) in [6, 6.07) is 3.01. The summed E-state index contributed by atoms with van der Waals surface area (Å²) in [5.41, 5.74) is 0.792. The van der Waals surface area contributed by atoms with Crippen molar-refractivity contribution in [2.75, 3.05) is 49.5 Å². The molecule has 2 aliphatic heterocycles. The number of aliphatic carboxylic acids is 1. The molecule has 2 aliphatic rings. The van der Waals surface area contributed by atoms with Crippen LogP contribution in [0.15, 0.2) is 34.6 Å². The molecule has 45 heavy (non-hydrogen) atoms. The SMILES string of the molecule is CC(C)(C)c1csc(NC(=O)c2ccn3c(=O)c(/C=C/C(=O)O)c(N4CCC[C@@H](OC(=O)NCCN5CCCC5)C4)nc3c2)n1. The van der Waals surface area contributed by atoms with Gasteiger partial charge in [-0.2, -0.15) is 0 Å². The zero-order chi connectivity index (χ0) is 32.1. The van der Waals surface area contributed by atoms with Gasteiger partial charge in [0.25, 0.3) is 11.5 Å². The average molecular weight is 638 g/mol. The van der Waals surface area contributed by atoms with Gasteiger partial charge in [0.1, 0.15) is 17.6 Å². The van der Waals surface area contributed by atoms with E-state index in [-0.39, 0.29) is 34.6 Å². The number of piperidine rings is 1. The highest BCUT2D eigenvalue weighted by Gasteiger charge is 2.27. The van der Waals surface area contributed by atoms with Gasteiger partial charge in [-0.1, -0.05) is 20.8 Å². The zero-order valence-electron chi connectivity index (χ0n) is 25.7. The molecule has 0 radical (unpaired) electrons. The Morgan fingerprint density at radius 1 is 1.16 bits per heavy atom. The molecule has 3 N–H and O–H groups in total. The Labute approximate surface area is 264 Å². The summed E-state index contributed by atoms with van der Waals surface area (Å²) in [7, 11) is 0. The van der Waals surface area contributed by atoms with Crippen molar-refractivity contribution in [1.82, 2.24) is 24.6 Å². The molecule has 1 atom stereocenters. The van der Waals surface area contributed by atoms with Gasteiger partial charge in [-0.3, -0.25) is 19.3 Å². The first-order valence-corrected chi connectivity index (χ1v) is 16.0. The van der Waals surface area contributed by atoms with Crippen LogP contribution in [0, 0.1) is 0 Å². The first-order valence-electron chi connectivity index (χ1n) is 15.1.